The molecule has 8 heteroatoms. The molecule has 2 aliphatic rings. The Labute approximate surface area is 154 Å². The predicted molar refractivity (Wildman–Crippen MR) is 103 cm³/mol. The lowest BCUT2D eigenvalue weighted by molar-refractivity contribution is 0.180. The number of anilines is 1. The van der Waals surface area contributed by atoms with Gasteiger partial charge in [-0.05, 0) is 36.8 Å². The number of rotatable bonds is 3. The maximum absolute atomic E-state index is 12.0. The number of ether oxygens (including phenoxy) is 1. The molecule has 140 valence electrons. The van der Waals surface area contributed by atoms with Crippen molar-refractivity contribution in [3.8, 4) is 5.88 Å². The highest BCUT2D eigenvalue weighted by Gasteiger charge is 2.42. The summed E-state index contributed by atoms with van der Waals surface area (Å²) in [5.74, 6) is 0.555. The van der Waals surface area contributed by atoms with E-state index in [1.54, 1.807) is 13.3 Å². The van der Waals surface area contributed by atoms with Crippen LogP contribution in [0.4, 0.5) is 5.69 Å². The third kappa shape index (κ3) is 3.01. The van der Waals surface area contributed by atoms with Gasteiger partial charge in [0.05, 0.1) is 7.11 Å². The zero-order valence-corrected chi connectivity index (χ0v) is 16.1. The smallest absolute Gasteiger partial charge is 0.240 e. The molecule has 26 heavy (non-hydrogen) atoms. The number of fused-ring (bicyclic) bond motifs is 1. The van der Waals surface area contributed by atoms with Crippen molar-refractivity contribution < 1.29 is 8.95 Å². The minimum atomic E-state index is -2.58. The average molecular weight is 375 g/mol. The number of pyridine rings is 2. The summed E-state index contributed by atoms with van der Waals surface area (Å²) in [7, 11) is -0.966. The molecule has 2 fully saturated rings. The monoisotopic (exact) mass is 375 g/mol. The van der Waals surface area contributed by atoms with E-state index < -0.39 is 9.92 Å². The second kappa shape index (κ2) is 6.35. The van der Waals surface area contributed by atoms with Crippen molar-refractivity contribution in [2.24, 2.45) is 5.41 Å². The summed E-state index contributed by atoms with van der Waals surface area (Å²) in [6.07, 6.45) is 8.25. The molecule has 0 radical (unpaired) electrons. The van der Waals surface area contributed by atoms with Crippen LogP contribution in [-0.2, 0) is 9.92 Å². The molecule has 0 amide bonds. The van der Waals surface area contributed by atoms with Crippen LogP contribution in [0.2, 0.25) is 0 Å². The zero-order chi connectivity index (χ0) is 18.4. The molecule has 0 aromatic carbocycles. The lowest BCUT2D eigenvalue weighted by Gasteiger charge is -2.39. The highest BCUT2D eigenvalue weighted by Crippen LogP contribution is 2.43. The molecule has 0 bridgehead atoms. The fourth-order valence-corrected chi connectivity index (χ4v) is 5.20. The van der Waals surface area contributed by atoms with Gasteiger partial charge in [0, 0.05) is 55.9 Å². The molecule has 2 saturated heterocycles. The number of nitrogens with zero attached hydrogens (tertiary/aromatic N) is 4. The Morgan fingerprint density at radius 3 is 2.54 bits per heavy atom. The van der Waals surface area contributed by atoms with E-state index >= 15 is 0 Å². The van der Waals surface area contributed by atoms with Crippen LogP contribution in [0.1, 0.15) is 19.3 Å². The fourth-order valence-electron chi connectivity index (χ4n) is 4.32. The van der Waals surface area contributed by atoms with E-state index in [4.69, 9.17) is 9.52 Å². The van der Waals surface area contributed by atoms with E-state index in [0.717, 1.165) is 56.3 Å². The van der Waals surface area contributed by atoms with E-state index in [1.165, 1.54) is 11.9 Å². The molecule has 4 rings (SSSR count). The van der Waals surface area contributed by atoms with Crippen molar-refractivity contribution in [3.63, 3.8) is 0 Å². The standard InChI is InChI=1S/C18H25N5O2S/c1-25-17-16-14(3-8-21-17)15(4-9-20-16)22-10-5-18(13-22)6-11-23(12-7-18)26(2,19)24/h3-4,8-9,19H,5-7,10-13H2,1-2H3. The van der Waals surface area contributed by atoms with Gasteiger partial charge in [-0.15, -0.1) is 0 Å². The maximum Gasteiger partial charge on any atom is 0.240 e. The second-order valence-corrected chi connectivity index (χ2v) is 9.57. The first-order chi connectivity index (χ1) is 12.4. The molecule has 1 spiro atoms. The van der Waals surface area contributed by atoms with Gasteiger partial charge >= 0.3 is 0 Å². The van der Waals surface area contributed by atoms with Gasteiger partial charge in [-0.3, -0.25) is 4.98 Å². The van der Waals surface area contributed by atoms with Crippen LogP contribution in [0.15, 0.2) is 24.5 Å². The van der Waals surface area contributed by atoms with Crippen LogP contribution in [0.3, 0.4) is 0 Å². The third-order valence-corrected chi connectivity index (χ3v) is 7.20. The number of nitrogens with one attached hydrogen (secondary N) is 1. The normalized spacial score (nSPS) is 22.6. The quantitative estimate of drug-likeness (QED) is 0.891. The number of hydrogen-bond acceptors (Lipinski definition) is 6. The Kier molecular flexibility index (Phi) is 4.27. The minimum absolute atomic E-state index is 0.258. The summed E-state index contributed by atoms with van der Waals surface area (Å²) < 4.78 is 27.0. The first-order valence-electron chi connectivity index (χ1n) is 8.93. The van der Waals surface area contributed by atoms with E-state index in [0.29, 0.717) is 5.88 Å². The van der Waals surface area contributed by atoms with Crippen molar-refractivity contribution in [2.45, 2.75) is 19.3 Å². The Bertz CT molecular complexity index is 922. The molecule has 2 aliphatic heterocycles. The lowest BCUT2D eigenvalue weighted by atomic mass is 9.78. The van der Waals surface area contributed by atoms with Crippen LogP contribution in [0.25, 0.3) is 10.9 Å². The largest absolute Gasteiger partial charge is 0.479 e. The number of methoxy groups -OCH3 is 1. The van der Waals surface area contributed by atoms with Gasteiger partial charge in [0.15, 0.2) is 0 Å². The summed E-state index contributed by atoms with van der Waals surface area (Å²) in [5, 5.41) is 1.07. The van der Waals surface area contributed by atoms with Gasteiger partial charge in [0.2, 0.25) is 5.88 Å². The zero-order valence-electron chi connectivity index (χ0n) is 15.3. The molecule has 0 saturated carbocycles. The highest BCUT2D eigenvalue weighted by molar-refractivity contribution is 7.89. The van der Waals surface area contributed by atoms with Crippen molar-refractivity contribution in [1.29, 1.82) is 4.78 Å². The van der Waals surface area contributed by atoms with Crippen molar-refractivity contribution >= 4 is 26.5 Å². The first kappa shape index (κ1) is 17.5. The van der Waals surface area contributed by atoms with Crippen molar-refractivity contribution in [2.75, 3.05) is 44.4 Å². The maximum atomic E-state index is 12.0. The van der Waals surface area contributed by atoms with Gasteiger partial charge in [-0.2, -0.15) is 0 Å². The van der Waals surface area contributed by atoms with E-state index in [9.17, 15) is 4.21 Å². The summed E-state index contributed by atoms with van der Waals surface area (Å²) >= 11 is 0. The molecule has 1 N–H and O–H groups in total. The summed E-state index contributed by atoms with van der Waals surface area (Å²) in [6.45, 7) is 3.50. The van der Waals surface area contributed by atoms with Crippen LogP contribution in [0, 0.1) is 10.2 Å². The third-order valence-electron chi connectivity index (χ3n) is 5.85. The number of aromatic nitrogens is 2. The van der Waals surface area contributed by atoms with E-state index in [1.807, 2.05) is 16.6 Å². The predicted octanol–water partition coefficient (Wildman–Crippen LogP) is 2.52. The van der Waals surface area contributed by atoms with Crippen LogP contribution >= 0.6 is 0 Å². The second-order valence-electron chi connectivity index (χ2n) is 7.45. The van der Waals surface area contributed by atoms with Crippen LogP contribution in [0.5, 0.6) is 5.88 Å². The van der Waals surface area contributed by atoms with Gasteiger partial charge in [0.1, 0.15) is 15.4 Å². The first-order valence-corrected chi connectivity index (χ1v) is 10.9. The fraction of sp³-hybridized carbons (Fsp3) is 0.556. The van der Waals surface area contributed by atoms with Gasteiger partial charge in [-0.25, -0.2) is 18.3 Å². The molecular formula is C18H25N5O2S. The molecule has 7 nitrogen and oxygen atoms in total. The summed E-state index contributed by atoms with van der Waals surface area (Å²) in [4.78, 5) is 11.1. The molecule has 2 aromatic rings. The van der Waals surface area contributed by atoms with Gasteiger partial charge in [0.25, 0.3) is 0 Å². The number of hydrogen-bond donors (Lipinski definition) is 1. The Morgan fingerprint density at radius 2 is 1.85 bits per heavy atom. The molecule has 1 unspecified atom stereocenters. The van der Waals surface area contributed by atoms with Crippen LogP contribution in [-0.4, -0.2) is 58.0 Å². The van der Waals surface area contributed by atoms with Gasteiger partial charge < -0.3 is 9.64 Å². The summed E-state index contributed by atoms with van der Waals surface area (Å²) in [5.41, 5.74) is 2.23. The van der Waals surface area contributed by atoms with E-state index in [-0.39, 0.29) is 5.41 Å². The minimum Gasteiger partial charge on any atom is -0.479 e. The van der Waals surface area contributed by atoms with Gasteiger partial charge in [-0.1, -0.05) is 0 Å². The van der Waals surface area contributed by atoms with Crippen molar-refractivity contribution in [1.82, 2.24) is 14.3 Å². The number of piperidine rings is 1. The topological polar surface area (TPSA) is 82.4 Å². The highest BCUT2D eigenvalue weighted by atomic mass is 32.2. The molecule has 4 heterocycles. The Balaban J connectivity index is 1.58. The Morgan fingerprint density at radius 1 is 1.15 bits per heavy atom. The SMILES string of the molecule is COc1nccc2c(N3CCC4(CCN(S(C)(=N)=O)CC4)C3)ccnc12. The van der Waals surface area contributed by atoms with Crippen molar-refractivity contribution in [3.05, 3.63) is 24.5 Å². The molecular weight excluding hydrogens is 350 g/mol. The Hall–Kier alpha value is -1.93. The lowest BCUT2D eigenvalue weighted by Crippen LogP contribution is -2.43. The molecule has 2 aromatic heterocycles. The molecule has 1 atom stereocenters. The van der Waals surface area contributed by atoms with E-state index in [2.05, 4.69) is 20.9 Å². The molecule has 0 aliphatic carbocycles. The summed E-state index contributed by atoms with van der Waals surface area (Å²) in [6, 6.07) is 4.07. The van der Waals surface area contributed by atoms with Crippen LogP contribution < -0.4 is 9.64 Å². The average Bonchev–Trinajstić information content (AvgIpc) is 3.03.